The molecule has 1 unspecified atom stereocenters. The van der Waals surface area contributed by atoms with E-state index in [1.165, 1.54) is 36.0 Å². The molecule has 0 saturated heterocycles. The zero-order valence-corrected chi connectivity index (χ0v) is 20.5. The third-order valence-corrected chi connectivity index (χ3v) is 6.21. The molecule has 32 heavy (non-hydrogen) atoms. The van der Waals surface area contributed by atoms with E-state index < -0.39 is 5.97 Å². The Morgan fingerprint density at radius 3 is 2.50 bits per heavy atom. The number of carboxylic acid groups (broad SMARTS) is 1. The number of halogens is 1. The van der Waals surface area contributed by atoms with Crippen molar-refractivity contribution in [2.75, 3.05) is 13.2 Å². The SMILES string of the molecule is CCCCC(CCCOc1ccc(CNCCC(=O)O)cc1Cl)Cc1ccc(C)c(C)c1. The number of aryl methyl sites for hydroxylation is 2. The summed E-state index contributed by atoms with van der Waals surface area (Å²) in [6, 6.07) is 12.6. The van der Waals surface area contributed by atoms with Crippen molar-refractivity contribution >= 4 is 17.6 Å². The molecule has 176 valence electrons. The van der Waals surface area contributed by atoms with Crippen LogP contribution in [0.25, 0.3) is 0 Å². The number of carbonyl (C=O) groups is 1. The van der Waals surface area contributed by atoms with Gasteiger partial charge < -0.3 is 15.2 Å². The molecule has 0 spiro atoms. The van der Waals surface area contributed by atoms with E-state index in [0.717, 1.165) is 24.8 Å². The zero-order chi connectivity index (χ0) is 23.3. The first-order valence-corrected chi connectivity index (χ1v) is 12.2. The summed E-state index contributed by atoms with van der Waals surface area (Å²) in [5, 5.41) is 12.4. The van der Waals surface area contributed by atoms with Gasteiger partial charge in [-0.15, -0.1) is 0 Å². The molecular formula is C27H38ClNO3. The minimum Gasteiger partial charge on any atom is -0.492 e. The summed E-state index contributed by atoms with van der Waals surface area (Å²) in [5.41, 5.74) is 5.17. The topological polar surface area (TPSA) is 58.6 Å². The fourth-order valence-corrected chi connectivity index (χ4v) is 4.12. The van der Waals surface area contributed by atoms with Crippen LogP contribution in [0.3, 0.4) is 0 Å². The fourth-order valence-electron chi connectivity index (χ4n) is 3.86. The molecule has 2 aromatic carbocycles. The van der Waals surface area contributed by atoms with Crippen LogP contribution in [0, 0.1) is 19.8 Å². The lowest BCUT2D eigenvalue weighted by Gasteiger charge is -2.18. The van der Waals surface area contributed by atoms with Gasteiger partial charge in [0.2, 0.25) is 0 Å². The maximum atomic E-state index is 10.6. The lowest BCUT2D eigenvalue weighted by Crippen LogP contribution is -2.17. The Kier molecular flexibility index (Phi) is 11.6. The van der Waals surface area contributed by atoms with Crippen LogP contribution >= 0.6 is 11.6 Å². The van der Waals surface area contributed by atoms with Crippen LogP contribution in [0.5, 0.6) is 5.75 Å². The largest absolute Gasteiger partial charge is 0.492 e. The predicted octanol–water partition coefficient (Wildman–Crippen LogP) is 6.73. The van der Waals surface area contributed by atoms with E-state index in [4.69, 9.17) is 21.4 Å². The Balaban J connectivity index is 1.79. The molecule has 0 saturated carbocycles. The van der Waals surface area contributed by atoms with Crippen LogP contribution in [0.1, 0.15) is 67.7 Å². The number of hydrogen-bond acceptors (Lipinski definition) is 3. The molecule has 0 amide bonds. The third-order valence-electron chi connectivity index (χ3n) is 5.92. The Labute approximate surface area is 198 Å². The van der Waals surface area contributed by atoms with Gasteiger partial charge in [0.1, 0.15) is 5.75 Å². The first-order chi connectivity index (χ1) is 15.4. The minimum atomic E-state index is -0.801. The van der Waals surface area contributed by atoms with E-state index >= 15 is 0 Å². The van der Waals surface area contributed by atoms with Crippen LogP contribution < -0.4 is 10.1 Å². The fraction of sp³-hybridized carbons (Fsp3) is 0.519. The lowest BCUT2D eigenvalue weighted by atomic mass is 9.89. The molecule has 2 aromatic rings. The number of unbranched alkanes of at least 4 members (excludes halogenated alkanes) is 1. The second kappa shape index (κ2) is 14.2. The highest BCUT2D eigenvalue weighted by Gasteiger charge is 2.11. The quantitative estimate of drug-likeness (QED) is 0.290. The van der Waals surface area contributed by atoms with E-state index in [9.17, 15) is 4.79 Å². The molecule has 1 atom stereocenters. The van der Waals surface area contributed by atoms with Crippen molar-refractivity contribution in [2.24, 2.45) is 5.92 Å². The summed E-state index contributed by atoms with van der Waals surface area (Å²) in [4.78, 5) is 10.6. The van der Waals surface area contributed by atoms with Crippen molar-refractivity contribution in [3.8, 4) is 5.75 Å². The number of nitrogens with one attached hydrogen (secondary N) is 1. The highest BCUT2D eigenvalue weighted by Crippen LogP contribution is 2.27. The van der Waals surface area contributed by atoms with Crippen molar-refractivity contribution in [1.82, 2.24) is 5.32 Å². The van der Waals surface area contributed by atoms with Gasteiger partial charge in [-0.2, -0.15) is 0 Å². The first-order valence-electron chi connectivity index (χ1n) is 11.8. The molecule has 0 aliphatic carbocycles. The Morgan fingerprint density at radius 2 is 1.81 bits per heavy atom. The third kappa shape index (κ3) is 9.62. The average Bonchev–Trinajstić information content (AvgIpc) is 2.76. The molecule has 5 heteroatoms. The molecule has 0 radical (unpaired) electrons. The van der Waals surface area contributed by atoms with Crippen LogP contribution in [0.15, 0.2) is 36.4 Å². The highest BCUT2D eigenvalue weighted by molar-refractivity contribution is 6.32. The van der Waals surface area contributed by atoms with Gasteiger partial charge >= 0.3 is 5.97 Å². The van der Waals surface area contributed by atoms with Gasteiger partial charge in [-0.05, 0) is 73.4 Å². The maximum Gasteiger partial charge on any atom is 0.304 e. The van der Waals surface area contributed by atoms with Gasteiger partial charge in [-0.25, -0.2) is 0 Å². The van der Waals surface area contributed by atoms with Gasteiger partial charge in [0.05, 0.1) is 18.1 Å². The van der Waals surface area contributed by atoms with Gasteiger partial charge in [0.25, 0.3) is 0 Å². The standard InChI is InChI=1S/C27H38ClNO3/c1-4-5-7-22(17-23-10-9-20(2)21(3)16-23)8-6-15-32-26-12-11-24(18-25(26)28)19-29-14-13-27(30)31/h9-12,16,18,22,29H,4-8,13-15,17,19H2,1-3H3,(H,30,31). The maximum absolute atomic E-state index is 10.6. The summed E-state index contributed by atoms with van der Waals surface area (Å²) >= 11 is 6.39. The van der Waals surface area contributed by atoms with Crippen molar-refractivity contribution in [1.29, 1.82) is 0 Å². The average molecular weight is 460 g/mol. The lowest BCUT2D eigenvalue weighted by molar-refractivity contribution is -0.136. The second-order valence-electron chi connectivity index (χ2n) is 8.71. The molecule has 0 fully saturated rings. The highest BCUT2D eigenvalue weighted by atomic mass is 35.5. The molecule has 2 rings (SSSR count). The summed E-state index contributed by atoms with van der Waals surface area (Å²) in [7, 11) is 0. The Morgan fingerprint density at radius 1 is 1.06 bits per heavy atom. The van der Waals surface area contributed by atoms with Crippen molar-refractivity contribution in [3.63, 3.8) is 0 Å². The van der Waals surface area contributed by atoms with E-state index in [0.29, 0.717) is 36.4 Å². The Hall–Kier alpha value is -2.04. The molecule has 0 heterocycles. The number of ether oxygens (including phenoxy) is 1. The number of carboxylic acids is 1. The van der Waals surface area contributed by atoms with E-state index in [1.807, 2.05) is 18.2 Å². The van der Waals surface area contributed by atoms with Gasteiger partial charge in [0, 0.05) is 13.1 Å². The van der Waals surface area contributed by atoms with Gasteiger partial charge in [-0.3, -0.25) is 4.79 Å². The van der Waals surface area contributed by atoms with E-state index in [-0.39, 0.29) is 6.42 Å². The van der Waals surface area contributed by atoms with Crippen LogP contribution in [-0.4, -0.2) is 24.2 Å². The van der Waals surface area contributed by atoms with E-state index in [1.54, 1.807) is 0 Å². The molecular weight excluding hydrogens is 422 g/mol. The number of hydrogen-bond donors (Lipinski definition) is 2. The number of rotatable bonds is 15. The predicted molar refractivity (Wildman–Crippen MR) is 133 cm³/mol. The van der Waals surface area contributed by atoms with Crippen molar-refractivity contribution < 1.29 is 14.6 Å². The number of aliphatic carboxylic acids is 1. The second-order valence-corrected chi connectivity index (χ2v) is 9.11. The van der Waals surface area contributed by atoms with Crippen molar-refractivity contribution in [3.05, 3.63) is 63.7 Å². The molecule has 0 aromatic heterocycles. The first kappa shape index (κ1) is 26.2. The smallest absolute Gasteiger partial charge is 0.304 e. The molecule has 0 bridgehead atoms. The van der Waals surface area contributed by atoms with Crippen LogP contribution in [0.4, 0.5) is 0 Å². The monoisotopic (exact) mass is 459 g/mol. The normalized spacial score (nSPS) is 12.0. The van der Waals surface area contributed by atoms with Gasteiger partial charge in [0.15, 0.2) is 0 Å². The molecule has 0 aliphatic heterocycles. The van der Waals surface area contributed by atoms with Crippen molar-refractivity contribution in [2.45, 2.75) is 72.3 Å². The summed E-state index contributed by atoms with van der Waals surface area (Å²) < 4.78 is 5.96. The summed E-state index contributed by atoms with van der Waals surface area (Å²) in [6.45, 7) is 8.29. The van der Waals surface area contributed by atoms with Gasteiger partial charge in [-0.1, -0.05) is 62.1 Å². The number of benzene rings is 2. The summed E-state index contributed by atoms with van der Waals surface area (Å²) in [6.07, 6.45) is 7.15. The molecule has 0 aliphatic rings. The van der Waals surface area contributed by atoms with E-state index in [2.05, 4.69) is 44.3 Å². The zero-order valence-electron chi connectivity index (χ0n) is 19.8. The molecule has 4 nitrogen and oxygen atoms in total. The Bertz CT molecular complexity index is 853. The summed E-state index contributed by atoms with van der Waals surface area (Å²) in [5.74, 6) is 0.584. The van der Waals surface area contributed by atoms with Crippen LogP contribution in [-0.2, 0) is 17.8 Å². The molecule has 2 N–H and O–H groups in total. The van der Waals surface area contributed by atoms with Crippen LogP contribution in [0.2, 0.25) is 5.02 Å². The minimum absolute atomic E-state index is 0.109.